The van der Waals surface area contributed by atoms with Crippen molar-refractivity contribution >= 4 is 25.5 Å². The predicted molar refractivity (Wildman–Crippen MR) is 89.3 cm³/mol. The molecule has 0 bridgehead atoms. The summed E-state index contributed by atoms with van der Waals surface area (Å²) in [5.41, 5.74) is 0.432. The fourth-order valence-corrected chi connectivity index (χ4v) is 5.55. The predicted octanol–water partition coefficient (Wildman–Crippen LogP) is 4.93. The summed E-state index contributed by atoms with van der Waals surface area (Å²) in [6.07, 6.45) is 0.580. The first-order valence-corrected chi connectivity index (χ1v) is 9.63. The molecule has 1 aromatic carbocycles. The van der Waals surface area contributed by atoms with E-state index in [4.69, 9.17) is 4.74 Å². The quantitative estimate of drug-likeness (QED) is 0.386. The molecule has 0 radical (unpaired) electrons. The second kappa shape index (κ2) is 8.55. The molecule has 0 heterocycles. The van der Waals surface area contributed by atoms with Crippen LogP contribution in [0.2, 0.25) is 0 Å². The summed E-state index contributed by atoms with van der Waals surface area (Å²) in [5, 5.41) is -0.901. The molecule has 0 fully saturated rings. The lowest BCUT2D eigenvalue weighted by Crippen LogP contribution is -2.35. The van der Waals surface area contributed by atoms with Gasteiger partial charge >= 0.3 is 13.8 Å². The van der Waals surface area contributed by atoms with E-state index in [0.29, 0.717) is 24.4 Å². The fourth-order valence-electron chi connectivity index (χ4n) is 2.16. The van der Waals surface area contributed by atoms with Crippen LogP contribution in [0.1, 0.15) is 34.1 Å². The molecule has 0 saturated heterocycles. The lowest BCUT2D eigenvalue weighted by atomic mass is 9.98. The lowest BCUT2D eigenvalue weighted by molar-refractivity contribution is -0.146. The average molecular weight is 327 g/mol. The topological polar surface area (TPSA) is 43.4 Å². The molecular weight excluding hydrogens is 303 g/mol. The Bertz CT molecular complexity index is 476. The maximum absolute atomic E-state index is 12.7. The van der Waals surface area contributed by atoms with Gasteiger partial charge in [-0.15, -0.1) is 0 Å². The van der Waals surface area contributed by atoms with E-state index >= 15 is 0 Å². The van der Waals surface area contributed by atoms with Gasteiger partial charge in [0.05, 0.1) is 6.61 Å². The Labute approximate surface area is 132 Å². The van der Waals surface area contributed by atoms with E-state index in [9.17, 15) is 9.36 Å². The maximum Gasteiger partial charge on any atom is 0.367 e. The van der Waals surface area contributed by atoms with Gasteiger partial charge in [0.15, 0.2) is 5.49 Å². The van der Waals surface area contributed by atoms with Gasteiger partial charge in [0.2, 0.25) is 0 Å². The van der Waals surface area contributed by atoms with Gasteiger partial charge in [-0.05, 0) is 31.9 Å². The van der Waals surface area contributed by atoms with Gasteiger partial charge < -0.3 is 4.74 Å². The number of ether oxygens (including phenoxy) is 1. The van der Waals surface area contributed by atoms with Crippen LogP contribution in [0.15, 0.2) is 35.2 Å². The molecule has 116 valence electrons. The number of thioether (sulfide) groups is 1. The summed E-state index contributed by atoms with van der Waals surface area (Å²) in [6.45, 7) is 7.94. The summed E-state index contributed by atoms with van der Waals surface area (Å²) in [4.78, 5) is 13.3. The van der Waals surface area contributed by atoms with Crippen LogP contribution in [0, 0.1) is 5.92 Å². The van der Waals surface area contributed by atoms with Gasteiger partial charge in [-0.3, -0.25) is 0 Å². The van der Waals surface area contributed by atoms with Crippen molar-refractivity contribution in [1.82, 2.24) is 0 Å². The van der Waals surface area contributed by atoms with Crippen molar-refractivity contribution in [1.29, 1.82) is 0 Å². The van der Waals surface area contributed by atoms with Crippen LogP contribution in [0.25, 0.3) is 0 Å². The molecule has 21 heavy (non-hydrogen) atoms. The Morgan fingerprint density at radius 1 is 1.33 bits per heavy atom. The zero-order chi connectivity index (χ0) is 15.9. The first-order chi connectivity index (χ1) is 9.90. The minimum Gasteiger partial charge on any atom is -0.462 e. The van der Waals surface area contributed by atoms with E-state index in [1.54, 1.807) is 13.8 Å². The third kappa shape index (κ3) is 5.44. The van der Waals surface area contributed by atoms with Crippen molar-refractivity contribution in [2.45, 2.75) is 44.2 Å². The van der Waals surface area contributed by atoms with E-state index in [1.165, 1.54) is 11.8 Å². The SMILES string of the molecule is CCOC(=O)C(C)(CC(C)C)[P+](=O)CSc1ccccc1. The number of hydrogen-bond donors (Lipinski definition) is 0. The average Bonchev–Trinajstić information content (AvgIpc) is 2.45. The highest BCUT2D eigenvalue weighted by atomic mass is 32.2. The molecule has 2 unspecified atom stereocenters. The molecule has 0 amide bonds. The molecule has 0 N–H and O–H groups in total. The summed E-state index contributed by atoms with van der Waals surface area (Å²) in [7, 11) is -1.69. The highest BCUT2D eigenvalue weighted by Gasteiger charge is 2.52. The van der Waals surface area contributed by atoms with Crippen molar-refractivity contribution in [3.05, 3.63) is 30.3 Å². The molecule has 3 nitrogen and oxygen atoms in total. The van der Waals surface area contributed by atoms with Gasteiger partial charge in [0, 0.05) is 11.3 Å². The molecule has 0 spiro atoms. The molecule has 0 saturated carbocycles. The minimum atomic E-state index is -1.69. The molecule has 0 aliphatic rings. The van der Waals surface area contributed by atoms with Gasteiger partial charge in [0.1, 0.15) is 0 Å². The number of benzene rings is 1. The highest BCUT2D eigenvalue weighted by Crippen LogP contribution is 2.47. The van der Waals surface area contributed by atoms with Crippen LogP contribution < -0.4 is 0 Å². The van der Waals surface area contributed by atoms with Crippen molar-refractivity contribution in [2.24, 2.45) is 5.92 Å². The Morgan fingerprint density at radius 2 is 1.95 bits per heavy atom. The van der Waals surface area contributed by atoms with Crippen molar-refractivity contribution in [3.63, 3.8) is 0 Å². The van der Waals surface area contributed by atoms with E-state index in [-0.39, 0.29) is 5.97 Å². The van der Waals surface area contributed by atoms with Crippen LogP contribution >= 0.6 is 19.6 Å². The maximum atomic E-state index is 12.7. The Morgan fingerprint density at radius 3 is 2.48 bits per heavy atom. The molecule has 0 aliphatic heterocycles. The molecular formula is C16H24O3PS+. The molecule has 1 rings (SSSR count). The summed E-state index contributed by atoms with van der Waals surface area (Å²) < 4.78 is 17.9. The highest BCUT2D eigenvalue weighted by molar-refractivity contribution is 8.04. The number of esters is 1. The van der Waals surface area contributed by atoms with E-state index in [0.717, 1.165) is 4.90 Å². The van der Waals surface area contributed by atoms with Gasteiger partial charge in [-0.25, -0.2) is 4.79 Å². The second-order valence-corrected chi connectivity index (χ2v) is 9.09. The molecule has 0 aromatic heterocycles. The van der Waals surface area contributed by atoms with Gasteiger partial charge in [-0.1, -0.05) is 48.4 Å². The largest absolute Gasteiger partial charge is 0.462 e. The molecule has 5 heteroatoms. The first kappa shape index (κ1) is 18.2. The van der Waals surface area contributed by atoms with E-state index in [1.807, 2.05) is 44.2 Å². The van der Waals surface area contributed by atoms with Crippen LogP contribution in [0.3, 0.4) is 0 Å². The number of carbonyl (C=O) groups excluding carboxylic acids is 1. The van der Waals surface area contributed by atoms with Crippen molar-refractivity contribution in [2.75, 3.05) is 12.1 Å². The smallest absolute Gasteiger partial charge is 0.367 e. The molecule has 0 aliphatic carbocycles. The third-order valence-corrected chi connectivity index (χ3v) is 6.69. The number of rotatable bonds is 8. The standard InChI is InChI=1S/C16H24O3PS/c1-5-19-15(17)16(4,11-13(2)3)20(18)12-21-14-9-7-6-8-10-14/h6-10,13H,5,11-12H2,1-4H3/q+1. The third-order valence-electron chi connectivity index (χ3n) is 3.16. The van der Waals surface area contributed by atoms with Crippen LogP contribution in [-0.4, -0.2) is 23.2 Å². The van der Waals surface area contributed by atoms with Gasteiger partial charge in [0.25, 0.3) is 5.16 Å². The van der Waals surface area contributed by atoms with Crippen LogP contribution in [0.4, 0.5) is 0 Å². The number of carbonyl (C=O) groups is 1. The lowest BCUT2D eigenvalue weighted by Gasteiger charge is -2.19. The second-order valence-electron chi connectivity index (χ2n) is 5.56. The minimum absolute atomic E-state index is 0.292. The van der Waals surface area contributed by atoms with Gasteiger partial charge in [-0.2, -0.15) is 0 Å². The zero-order valence-electron chi connectivity index (χ0n) is 13.2. The molecule has 1 aromatic rings. The summed E-state index contributed by atoms with van der Waals surface area (Å²) in [6, 6.07) is 9.82. The Hall–Kier alpha value is -0.860. The van der Waals surface area contributed by atoms with E-state index < -0.39 is 13.0 Å². The first-order valence-electron chi connectivity index (χ1n) is 7.20. The Kier molecular flexibility index (Phi) is 7.41. The van der Waals surface area contributed by atoms with Crippen molar-refractivity contribution in [3.8, 4) is 0 Å². The number of hydrogen-bond acceptors (Lipinski definition) is 4. The zero-order valence-corrected chi connectivity index (χ0v) is 14.9. The molecule has 2 atom stereocenters. The summed E-state index contributed by atoms with van der Waals surface area (Å²) in [5.74, 6) is -0.0476. The van der Waals surface area contributed by atoms with E-state index in [2.05, 4.69) is 0 Å². The van der Waals surface area contributed by atoms with Crippen LogP contribution in [-0.2, 0) is 14.1 Å². The fraction of sp³-hybridized carbons (Fsp3) is 0.562. The van der Waals surface area contributed by atoms with Crippen molar-refractivity contribution < 1.29 is 14.1 Å². The normalized spacial score (nSPS) is 14.6. The monoisotopic (exact) mass is 327 g/mol. The summed E-state index contributed by atoms with van der Waals surface area (Å²) >= 11 is 1.53. The van der Waals surface area contributed by atoms with Crippen LogP contribution in [0.5, 0.6) is 0 Å². The Balaban J connectivity index is 2.77.